The van der Waals surface area contributed by atoms with Gasteiger partial charge in [-0.2, -0.15) is 0 Å². The summed E-state index contributed by atoms with van der Waals surface area (Å²) in [7, 11) is -3.73. The monoisotopic (exact) mass is 255 g/mol. The Hall–Kier alpha value is -1.27. The summed E-state index contributed by atoms with van der Waals surface area (Å²) in [5.41, 5.74) is 6.91. The molecule has 0 spiro atoms. The third kappa shape index (κ3) is 2.53. The molecule has 5 nitrogen and oxygen atoms in total. The first-order chi connectivity index (χ1) is 7.93. The van der Waals surface area contributed by atoms with Gasteiger partial charge in [0, 0.05) is 18.3 Å². The zero-order chi connectivity index (χ0) is 12.6. The number of nitrogen functional groups attached to an aromatic ring is 1. The van der Waals surface area contributed by atoms with Crippen molar-refractivity contribution in [3.63, 3.8) is 0 Å². The second-order valence-corrected chi connectivity index (χ2v) is 5.81. The number of hydrogen-bond acceptors (Lipinski definition) is 4. The number of rotatable bonds is 4. The van der Waals surface area contributed by atoms with Crippen LogP contribution in [-0.4, -0.2) is 21.0 Å². The van der Waals surface area contributed by atoms with E-state index in [4.69, 9.17) is 10.9 Å². The molecule has 1 aliphatic carbocycles. The first kappa shape index (κ1) is 12.2. The first-order valence-corrected chi connectivity index (χ1v) is 7.17. The van der Waals surface area contributed by atoms with Crippen molar-refractivity contribution >= 4 is 21.4 Å². The van der Waals surface area contributed by atoms with Crippen LogP contribution in [0.2, 0.25) is 0 Å². The van der Waals surface area contributed by atoms with Crippen molar-refractivity contribution in [1.29, 1.82) is 0 Å². The van der Waals surface area contributed by atoms with Crippen LogP contribution in [-0.2, 0) is 10.0 Å². The largest absolute Gasteiger partial charge is 0.398 e. The van der Waals surface area contributed by atoms with Crippen LogP contribution in [0, 0.1) is 0 Å². The molecule has 0 bridgehead atoms. The fraction of sp³-hybridized carbons (Fsp3) is 0.455. The molecule has 1 saturated carbocycles. The van der Waals surface area contributed by atoms with Crippen molar-refractivity contribution in [2.75, 3.05) is 17.2 Å². The third-order valence-corrected chi connectivity index (χ3v) is 3.94. The maximum absolute atomic E-state index is 11.2. The second kappa shape index (κ2) is 4.19. The van der Waals surface area contributed by atoms with E-state index in [2.05, 4.69) is 11.8 Å². The first-order valence-electron chi connectivity index (χ1n) is 5.62. The second-order valence-electron chi connectivity index (χ2n) is 4.28. The van der Waals surface area contributed by atoms with Crippen LogP contribution >= 0.6 is 0 Å². The smallest absolute Gasteiger partial charge is 0.240 e. The Morgan fingerprint density at radius 1 is 1.41 bits per heavy atom. The maximum Gasteiger partial charge on any atom is 0.240 e. The van der Waals surface area contributed by atoms with Crippen molar-refractivity contribution in [2.45, 2.75) is 30.7 Å². The normalized spacial score (nSPS) is 15.9. The molecule has 17 heavy (non-hydrogen) atoms. The quantitative estimate of drug-likeness (QED) is 0.782. The molecule has 0 unspecified atom stereocenters. The van der Waals surface area contributed by atoms with Gasteiger partial charge >= 0.3 is 0 Å². The van der Waals surface area contributed by atoms with Crippen molar-refractivity contribution in [1.82, 2.24) is 0 Å². The van der Waals surface area contributed by atoms with Crippen LogP contribution in [0.4, 0.5) is 11.4 Å². The number of anilines is 2. The lowest BCUT2D eigenvalue weighted by molar-refractivity contribution is 0.598. The lowest BCUT2D eigenvalue weighted by atomic mass is 10.2. The number of benzene rings is 1. The Balaban J connectivity index is 2.36. The Morgan fingerprint density at radius 3 is 2.47 bits per heavy atom. The average molecular weight is 255 g/mol. The Bertz CT molecular complexity index is 524. The van der Waals surface area contributed by atoms with Gasteiger partial charge in [0.1, 0.15) is 4.90 Å². The number of nitrogens with zero attached hydrogens (tertiary/aromatic N) is 1. The molecule has 0 atom stereocenters. The summed E-state index contributed by atoms with van der Waals surface area (Å²) in [6.45, 7) is 2.96. The van der Waals surface area contributed by atoms with E-state index in [0.29, 0.717) is 6.04 Å². The van der Waals surface area contributed by atoms with Gasteiger partial charge in [-0.25, -0.2) is 13.6 Å². The molecule has 0 radical (unpaired) electrons. The lowest BCUT2D eigenvalue weighted by Gasteiger charge is -2.23. The standard InChI is InChI=1S/C11H17N3O2S/c1-2-14(8-3-4-8)9-5-6-11(10(12)7-9)17(13,15)16/h5-8H,2-4,12H2,1H3,(H2,13,15,16). The predicted molar refractivity (Wildman–Crippen MR) is 68.3 cm³/mol. The number of nitrogens with two attached hydrogens (primary N) is 2. The molecule has 94 valence electrons. The molecule has 6 heteroatoms. The van der Waals surface area contributed by atoms with Gasteiger partial charge in [0.05, 0.1) is 5.69 Å². The van der Waals surface area contributed by atoms with Crippen LogP contribution in [0.3, 0.4) is 0 Å². The molecule has 0 heterocycles. The van der Waals surface area contributed by atoms with Crippen LogP contribution in [0.25, 0.3) is 0 Å². The van der Waals surface area contributed by atoms with E-state index in [-0.39, 0.29) is 10.6 Å². The molecule has 1 fully saturated rings. The van der Waals surface area contributed by atoms with Gasteiger partial charge in [-0.3, -0.25) is 0 Å². The van der Waals surface area contributed by atoms with E-state index >= 15 is 0 Å². The topological polar surface area (TPSA) is 89.4 Å². The fourth-order valence-electron chi connectivity index (χ4n) is 2.01. The van der Waals surface area contributed by atoms with Gasteiger partial charge < -0.3 is 10.6 Å². The molecule has 1 aromatic rings. The van der Waals surface area contributed by atoms with Crippen LogP contribution in [0.1, 0.15) is 19.8 Å². The molecule has 0 saturated heterocycles. The van der Waals surface area contributed by atoms with Crippen LogP contribution in [0.15, 0.2) is 23.1 Å². The molecular formula is C11H17N3O2S. The van der Waals surface area contributed by atoms with E-state index in [1.165, 1.54) is 18.9 Å². The third-order valence-electron chi connectivity index (χ3n) is 2.96. The zero-order valence-electron chi connectivity index (χ0n) is 9.76. The van der Waals surface area contributed by atoms with Crippen molar-refractivity contribution in [3.8, 4) is 0 Å². The summed E-state index contributed by atoms with van der Waals surface area (Å²) in [6.07, 6.45) is 2.37. The number of primary sulfonamides is 1. The molecule has 1 aliphatic rings. The lowest BCUT2D eigenvalue weighted by Crippen LogP contribution is -2.25. The van der Waals surface area contributed by atoms with E-state index in [0.717, 1.165) is 12.2 Å². The number of hydrogen-bond donors (Lipinski definition) is 2. The highest BCUT2D eigenvalue weighted by Crippen LogP contribution is 2.33. The van der Waals surface area contributed by atoms with Gasteiger partial charge in [0.25, 0.3) is 0 Å². The Labute approximate surface area is 101 Å². The predicted octanol–water partition coefficient (Wildman–Crippen LogP) is 0.905. The van der Waals surface area contributed by atoms with Gasteiger partial charge in [0.2, 0.25) is 10.0 Å². The Kier molecular flexibility index (Phi) is 3.01. The van der Waals surface area contributed by atoms with Crippen LogP contribution < -0.4 is 15.8 Å². The minimum Gasteiger partial charge on any atom is -0.398 e. The fourth-order valence-corrected chi connectivity index (χ4v) is 2.66. The molecule has 2 rings (SSSR count). The molecule has 0 amide bonds. The van der Waals surface area contributed by atoms with Crippen LogP contribution in [0.5, 0.6) is 0 Å². The summed E-state index contributed by atoms with van der Waals surface area (Å²) < 4.78 is 22.5. The molecule has 4 N–H and O–H groups in total. The number of sulfonamides is 1. The summed E-state index contributed by atoms with van der Waals surface area (Å²) in [5, 5.41) is 5.07. The van der Waals surface area contributed by atoms with Gasteiger partial charge in [-0.15, -0.1) is 0 Å². The highest BCUT2D eigenvalue weighted by Gasteiger charge is 2.28. The minimum atomic E-state index is -3.73. The highest BCUT2D eigenvalue weighted by atomic mass is 32.2. The van der Waals surface area contributed by atoms with E-state index in [9.17, 15) is 8.42 Å². The van der Waals surface area contributed by atoms with Crippen molar-refractivity contribution in [2.24, 2.45) is 5.14 Å². The Morgan fingerprint density at radius 2 is 2.06 bits per heavy atom. The van der Waals surface area contributed by atoms with Gasteiger partial charge in [-0.05, 0) is 38.0 Å². The maximum atomic E-state index is 11.2. The summed E-state index contributed by atoms with van der Waals surface area (Å²) in [4.78, 5) is 2.22. The molecule has 0 aromatic heterocycles. The SMILES string of the molecule is CCN(c1ccc(S(N)(=O)=O)c(N)c1)C1CC1. The van der Waals surface area contributed by atoms with Gasteiger partial charge in [0.15, 0.2) is 0 Å². The van der Waals surface area contributed by atoms with Crippen molar-refractivity contribution < 1.29 is 8.42 Å². The zero-order valence-corrected chi connectivity index (χ0v) is 10.6. The van der Waals surface area contributed by atoms with Gasteiger partial charge in [-0.1, -0.05) is 0 Å². The molecule has 0 aliphatic heterocycles. The minimum absolute atomic E-state index is 0.00639. The molecule has 1 aromatic carbocycles. The van der Waals surface area contributed by atoms with E-state index in [1.54, 1.807) is 12.1 Å². The highest BCUT2D eigenvalue weighted by molar-refractivity contribution is 7.89. The van der Waals surface area contributed by atoms with E-state index < -0.39 is 10.0 Å². The summed E-state index contributed by atoms with van der Waals surface area (Å²) in [5.74, 6) is 0. The van der Waals surface area contributed by atoms with Crippen molar-refractivity contribution in [3.05, 3.63) is 18.2 Å². The summed E-state index contributed by atoms with van der Waals surface area (Å²) >= 11 is 0. The summed E-state index contributed by atoms with van der Waals surface area (Å²) in [6, 6.07) is 5.49. The van der Waals surface area contributed by atoms with E-state index in [1.807, 2.05) is 0 Å². The average Bonchev–Trinajstić information content (AvgIpc) is 3.01. The molecular weight excluding hydrogens is 238 g/mol.